The zero-order valence-corrected chi connectivity index (χ0v) is 13.5. The van der Waals surface area contributed by atoms with Crippen molar-refractivity contribution in [2.45, 2.75) is 19.4 Å². The lowest BCUT2D eigenvalue weighted by Crippen LogP contribution is -2.42. The standard InChI is InChI=1S/C14H13BrN2O2S/c1-14(2)8-19-13(18)17(14)12-16-11(7-20-12)9-4-3-5-10(15)6-9/h3-7H,8H2,1-2H3. The first-order valence-electron chi connectivity index (χ1n) is 6.16. The maximum Gasteiger partial charge on any atom is 0.416 e. The van der Waals surface area contributed by atoms with Gasteiger partial charge in [-0.25, -0.2) is 14.7 Å². The maximum absolute atomic E-state index is 11.9. The van der Waals surface area contributed by atoms with Gasteiger partial charge in [0.05, 0.1) is 11.2 Å². The molecule has 1 fully saturated rings. The van der Waals surface area contributed by atoms with Gasteiger partial charge < -0.3 is 4.74 Å². The molecule has 1 aliphatic rings. The van der Waals surface area contributed by atoms with Crippen LogP contribution < -0.4 is 4.90 Å². The summed E-state index contributed by atoms with van der Waals surface area (Å²) >= 11 is 4.90. The van der Waals surface area contributed by atoms with Gasteiger partial charge in [-0.2, -0.15) is 0 Å². The van der Waals surface area contributed by atoms with E-state index in [2.05, 4.69) is 20.9 Å². The van der Waals surface area contributed by atoms with Gasteiger partial charge in [0, 0.05) is 15.4 Å². The summed E-state index contributed by atoms with van der Waals surface area (Å²) in [5.74, 6) is 0. The average molecular weight is 353 g/mol. The molecular formula is C14H13BrN2O2S. The predicted molar refractivity (Wildman–Crippen MR) is 83.2 cm³/mol. The SMILES string of the molecule is CC1(C)COC(=O)N1c1nc(-c2cccc(Br)c2)cs1. The summed E-state index contributed by atoms with van der Waals surface area (Å²) in [4.78, 5) is 18.0. The number of ether oxygens (including phenoxy) is 1. The van der Waals surface area contributed by atoms with Gasteiger partial charge >= 0.3 is 6.09 Å². The molecule has 0 radical (unpaired) electrons. The summed E-state index contributed by atoms with van der Waals surface area (Å²) in [6.45, 7) is 4.33. The van der Waals surface area contributed by atoms with Crippen molar-refractivity contribution >= 4 is 38.5 Å². The van der Waals surface area contributed by atoms with Crippen LogP contribution in [0.15, 0.2) is 34.1 Å². The molecule has 1 aromatic heterocycles. The van der Waals surface area contributed by atoms with E-state index in [9.17, 15) is 4.79 Å². The number of anilines is 1. The van der Waals surface area contributed by atoms with Crippen LogP contribution in [0, 0.1) is 0 Å². The van der Waals surface area contributed by atoms with Gasteiger partial charge in [-0.05, 0) is 26.0 Å². The fraction of sp³-hybridized carbons (Fsp3) is 0.286. The number of thiazole rings is 1. The summed E-state index contributed by atoms with van der Waals surface area (Å²) in [6, 6.07) is 7.94. The highest BCUT2D eigenvalue weighted by atomic mass is 79.9. The molecule has 6 heteroatoms. The van der Waals surface area contributed by atoms with E-state index in [1.165, 1.54) is 11.3 Å². The molecule has 0 saturated carbocycles. The number of hydrogen-bond acceptors (Lipinski definition) is 4. The lowest BCUT2D eigenvalue weighted by Gasteiger charge is -2.24. The van der Waals surface area contributed by atoms with E-state index < -0.39 is 0 Å². The van der Waals surface area contributed by atoms with E-state index in [4.69, 9.17) is 4.74 Å². The molecule has 2 aromatic rings. The molecule has 1 amide bonds. The molecule has 0 aliphatic carbocycles. The van der Waals surface area contributed by atoms with Crippen LogP contribution in [0.2, 0.25) is 0 Å². The minimum absolute atomic E-state index is 0.329. The number of hydrogen-bond donors (Lipinski definition) is 0. The molecular weight excluding hydrogens is 340 g/mol. The number of amides is 1. The molecule has 1 aromatic carbocycles. The molecule has 3 rings (SSSR count). The average Bonchev–Trinajstić information content (AvgIpc) is 2.94. The predicted octanol–water partition coefficient (Wildman–Crippen LogP) is 4.31. The molecule has 104 valence electrons. The molecule has 0 bridgehead atoms. The lowest BCUT2D eigenvalue weighted by atomic mass is 10.1. The Bertz CT molecular complexity index is 669. The molecule has 1 aliphatic heterocycles. The molecule has 0 N–H and O–H groups in total. The molecule has 2 heterocycles. The number of aromatic nitrogens is 1. The largest absolute Gasteiger partial charge is 0.447 e. The minimum Gasteiger partial charge on any atom is -0.447 e. The summed E-state index contributed by atoms with van der Waals surface area (Å²) < 4.78 is 6.12. The van der Waals surface area contributed by atoms with Crippen LogP contribution in [0.5, 0.6) is 0 Å². The Balaban J connectivity index is 1.96. The third kappa shape index (κ3) is 2.33. The maximum atomic E-state index is 11.9. The minimum atomic E-state index is -0.358. The Morgan fingerprint density at radius 2 is 2.25 bits per heavy atom. The number of nitrogens with zero attached hydrogens (tertiary/aromatic N) is 2. The molecule has 20 heavy (non-hydrogen) atoms. The lowest BCUT2D eigenvalue weighted by molar-refractivity contribution is 0.175. The second-order valence-corrected chi connectivity index (χ2v) is 6.98. The van der Waals surface area contributed by atoms with Crippen molar-refractivity contribution in [2.75, 3.05) is 11.5 Å². The third-order valence-electron chi connectivity index (χ3n) is 3.14. The highest BCUT2D eigenvalue weighted by Crippen LogP contribution is 2.35. The first-order valence-corrected chi connectivity index (χ1v) is 7.83. The molecule has 4 nitrogen and oxygen atoms in total. The van der Waals surface area contributed by atoms with Crippen LogP contribution in [0.25, 0.3) is 11.3 Å². The van der Waals surface area contributed by atoms with E-state index in [0.29, 0.717) is 11.7 Å². The molecule has 0 atom stereocenters. The fourth-order valence-corrected chi connectivity index (χ4v) is 3.48. The second kappa shape index (κ2) is 4.86. The molecule has 1 saturated heterocycles. The Morgan fingerprint density at radius 1 is 1.45 bits per heavy atom. The van der Waals surface area contributed by atoms with Crippen molar-refractivity contribution < 1.29 is 9.53 Å². The molecule has 0 unspecified atom stereocenters. The summed E-state index contributed by atoms with van der Waals surface area (Å²) in [5, 5.41) is 2.63. The van der Waals surface area contributed by atoms with Gasteiger partial charge in [0.15, 0.2) is 5.13 Å². The number of rotatable bonds is 2. The number of benzene rings is 1. The number of carbonyl (C=O) groups is 1. The van der Waals surface area contributed by atoms with Gasteiger partial charge in [0.1, 0.15) is 6.61 Å². The normalized spacial score (nSPS) is 17.4. The van der Waals surface area contributed by atoms with E-state index in [-0.39, 0.29) is 11.6 Å². The van der Waals surface area contributed by atoms with Crippen molar-refractivity contribution in [3.8, 4) is 11.3 Å². The number of halogens is 1. The summed E-state index contributed by atoms with van der Waals surface area (Å²) in [6.07, 6.45) is -0.329. The zero-order valence-electron chi connectivity index (χ0n) is 11.1. The van der Waals surface area contributed by atoms with Crippen LogP contribution >= 0.6 is 27.3 Å². The quantitative estimate of drug-likeness (QED) is 0.808. The van der Waals surface area contributed by atoms with E-state index in [1.807, 2.05) is 43.5 Å². The van der Waals surface area contributed by atoms with Crippen molar-refractivity contribution in [3.63, 3.8) is 0 Å². The van der Waals surface area contributed by atoms with Crippen molar-refractivity contribution in [1.29, 1.82) is 0 Å². The highest BCUT2D eigenvalue weighted by molar-refractivity contribution is 9.10. The van der Waals surface area contributed by atoms with Crippen LogP contribution in [0.3, 0.4) is 0 Å². The fourth-order valence-electron chi connectivity index (χ4n) is 2.10. The van der Waals surface area contributed by atoms with Crippen LogP contribution in [0.1, 0.15) is 13.8 Å². The van der Waals surface area contributed by atoms with Crippen molar-refractivity contribution in [2.24, 2.45) is 0 Å². The van der Waals surface area contributed by atoms with Gasteiger partial charge in [0.25, 0.3) is 0 Å². The van der Waals surface area contributed by atoms with Gasteiger partial charge in [-0.1, -0.05) is 28.1 Å². The zero-order chi connectivity index (χ0) is 14.3. The van der Waals surface area contributed by atoms with Gasteiger partial charge in [0.2, 0.25) is 0 Å². The summed E-state index contributed by atoms with van der Waals surface area (Å²) in [7, 11) is 0. The Labute approximate surface area is 129 Å². The topological polar surface area (TPSA) is 42.4 Å². The number of carbonyl (C=O) groups excluding carboxylic acids is 1. The van der Waals surface area contributed by atoms with Gasteiger partial charge in [-0.3, -0.25) is 0 Å². The van der Waals surface area contributed by atoms with Crippen molar-refractivity contribution in [3.05, 3.63) is 34.1 Å². The Kier molecular flexibility index (Phi) is 3.30. The molecule has 0 spiro atoms. The van der Waals surface area contributed by atoms with Crippen LogP contribution in [-0.2, 0) is 4.74 Å². The van der Waals surface area contributed by atoms with Crippen molar-refractivity contribution in [1.82, 2.24) is 4.98 Å². The first-order chi connectivity index (χ1) is 9.47. The summed E-state index contributed by atoms with van der Waals surface area (Å²) in [5.41, 5.74) is 1.53. The van der Waals surface area contributed by atoms with E-state index in [1.54, 1.807) is 4.90 Å². The highest BCUT2D eigenvalue weighted by Gasteiger charge is 2.42. The van der Waals surface area contributed by atoms with Crippen LogP contribution in [0.4, 0.5) is 9.93 Å². The van der Waals surface area contributed by atoms with Crippen LogP contribution in [-0.4, -0.2) is 23.2 Å². The Morgan fingerprint density at radius 3 is 2.90 bits per heavy atom. The van der Waals surface area contributed by atoms with E-state index in [0.717, 1.165) is 15.7 Å². The Hall–Kier alpha value is -1.40. The third-order valence-corrected chi connectivity index (χ3v) is 4.46. The second-order valence-electron chi connectivity index (χ2n) is 5.23. The first kappa shape index (κ1) is 13.6. The van der Waals surface area contributed by atoms with Gasteiger partial charge in [-0.15, -0.1) is 11.3 Å². The van der Waals surface area contributed by atoms with E-state index >= 15 is 0 Å². The number of cyclic esters (lactones) is 1. The monoisotopic (exact) mass is 352 g/mol. The smallest absolute Gasteiger partial charge is 0.416 e.